The maximum absolute atomic E-state index is 13.0. The van der Waals surface area contributed by atoms with Crippen molar-refractivity contribution in [1.82, 2.24) is 20.0 Å². The molecule has 3 heterocycles. The van der Waals surface area contributed by atoms with Gasteiger partial charge in [-0.1, -0.05) is 23.4 Å². The Morgan fingerprint density at radius 3 is 2.86 bits per heavy atom. The van der Waals surface area contributed by atoms with E-state index >= 15 is 0 Å². The minimum atomic E-state index is -0.00601. The number of carbonyl (C=O) groups is 1. The lowest BCUT2D eigenvalue weighted by Crippen LogP contribution is -2.38. The molecule has 0 spiro atoms. The standard InChI is InChI=1S/C28H30N4O4/c1-18-22(19(2)36-31-18)17-35-25-12-10-20(15-26(25)34-3)11-13-27(33)32-14-6-7-21(16-32)28-29-23-8-4-5-9-24(23)30-28/h4-5,8-13,15,21H,6-7,14,16-17H2,1-3H3,(H,29,30)/b13-11+. The number of H-pyrrole nitrogens is 1. The molecule has 8 heteroatoms. The Bertz CT molecular complexity index is 1350. The molecule has 4 aromatic rings. The SMILES string of the molecule is COc1cc(/C=C/C(=O)N2CCCC(c3nc4ccccc4[nH]3)C2)ccc1OCc1c(C)noc1C. The summed E-state index contributed by atoms with van der Waals surface area (Å²) < 4.78 is 16.7. The van der Waals surface area contributed by atoms with Crippen LogP contribution in [0.5, 0.6) is 11.5 Å². The molecular formula is C28H30N4O4. The minimum absolute atomic E-state index is 0.00601. The highest BCUT2D eigenvalue weighted by atomic mass is 16.5. The van der Waals surface area contributed by atoms with Crippen LogP contribution in [0.2, 0.25) is 0 Å². The lowest BCUT2D eigenvalue weighted by molar-refractivity contribution is -0.127. The summed E-state index contributed by atoms with van der Waals surface area (Å²) in [6, 6.07) is 13.6. The van der Waals surface area contributed by atoms with Crippen LogP contribution in [-0.2, 0) is 11.4 Å². The van der Waals surface area contributed by atoms with E-state index in [1.54, 1.807) is 13.2 Å². The van der Waals surface area contributed by atoms with Gasteiger partial charge in [0, 0.05) is 25.1 Å². The Morgan fingerprint density at radius 2 is 2.08 bits per heavy atom. The number of piperidine rings is 1. The number of aromatic amines is 1. The first-order valence-electron chi connectivity index (χ1n) is 12.2. The predicted molar refractivity (Wildman–Crippen MR) is 137 cm³/mol. The number of nitrogens with zero attached hydrogens (tertiary/aromatic N) is 3. The highest BCUT2D eigenvalue weighted by molar-refractivity contribution is 5.92. The number of methoxy groups -OCH3 is 1. The molecule has 0 bridgehead atoms. The summed E-state index contributed by atoms with van der Waals surface area (Å²) >= 11 is 0. The average molecular weight is 487 g/mol. The van der Waals surface area contributed by atoms with E-state index in [9.17, 15) is 4.79 Å². The molecule has 5 rings (SSSR count). The first-order valence-corrected chi connectivity index (χ1v) is 12.2. The van der Waals surface area contributed by atoms with Gasteiger partial charge in [0.05, 0.1) is 29.4 Å². The molecule has 1 aliphatic heterocycles. The maximum atomic E-state index is 13.0. The quantitative estimate of drug-likeness (QED) is 0.362. The van der Waals surface area contributed by atoms with Crippen molar-refractivity contribution >= 4 is 23.0 Å². The lowest BCUT2D eigenvalue weighted by atomic mass is 9.97. The molecule has 1 fully saturated rings. The van der Waals surface area contributed by atoms with Gasteiger partial charge in [0.15, 0.2) is 11.5 Å². The number of amides is 1. The molecule has 1 amide bonds. The van der Waals surface area contributed by atoms with Crippen molar-refractivity contribution in [3.05, 3.63) is 76.9 Å². The third kappa shape index (κ3) is 4.98. The van der Waals surface area contributed by atoms with E-state index < -0.39 is 0 Å². The van der Waals surface area contributed by atoms with Gasteiger partial charge in [0.2, 0.25) is 5.91 Å². The number of para-hydroxylation sites is 2. The number of imidazole rings is 1. The summed E-state index contributed by atoms with van der Waals surface area (Å²) in [5.41, 5.74) is 4.59. The monoisotopic (exact) mass is 486 g/mol. The number of fused-ring (bicyclic) bond motifs is 1. The normalized spacial score (nSPS) is 16.1. The minimum Gasteiger partial charge on any atom is -0.493 e. The molecule has 0 saturated carbocycles. The molecule has 8 nitrogen and oxygen atoms in total. The number of hydrogen-bond acceptors (Lipinski definition) is 6. The first kappa shape index (κ1) is 23.7. The van der Waals surface area contributed by atoms with E-state index in [0.29, 0.717) is 24.7 Å². The number of benzene rings is 2. The Labute approximate surface area is 209 Å². The van der Waals surface area contributed by atoms with Gasteiger partial charge in [-0.05, 0) is 62.6 Å². The third-order valence-corrected chi connectivity index (χ3v) is 6.69. The number of ether oxygens (including phenoxy) is 2. The molecule has 1 aliphatic rings. The number of hydrogen-bond donors (Lipinski definition) is 1. The molecule has 1 unspecified atom stereocenters. The van der Waals surface area contributed by atoms with E-state index in [2.05, 4.69) is 10.1 Å². The summed E-state index contributed by atoms with van der Waals surface area (Å²) in [6.45, 7) is 5.49. The number of nitrogens with one attached hydrogen (secondary N) is 1. The fourth-order valence-electron chi connectivity index (χ4n) is 4.60. The Morgan fingerprint density at radius 1 is 1.22 bits per heavy atom. The van der Waals surface area contributed by atoms with E-state index in [1.165, 1.54) is 0 Å². The first-order chi connectivity index (χ1) is 17.5. The molecule has 1 atom stereocenters. The number of likely N-dealkylation sites (tertiary alicyclic amines) is 1. The smallest absolute Gasteiger partial charge is 0.246 e. The van der Waals surface area contributed by atoms with Gasteiger partial charge in [-0.25, -0.2) is 4.98 Å². The van der Waals surface area contributed by atoms with E-state index in [4.69, 9.17) is 19.0 Å². The third-order valence-electron chi connectivity index (χ3n) is 6.69. The predicted octanol–water partition coefficient (Wildman–Crippen LogP) is 5.17. The number of aromatic nitrogens is 3. The molecule has 0 radical (unpaired) electrons. The van der Waals surface area contributed by atoms with Gasteiger partial charge in [-0.2, -0.15) is 0 Å². The van der Waals surface area contributed by atoms with Gasteiger partial charge in [-0.15, -0.1) is 0 Å². The van der Waals surface area contributed by atoms with Crippen molar-refractivity contribution in [2.45, 2.75) is 39.2 Å². The van der Waals surface area contributed by atoms with Crippen molar-refractivity contribution in [1.29, 1.82) is 0 Å². The van der Waals surface area contributed by atoms with Crippen LogP contribution in [0.1, 0.15) is 47.2 Å². The summed E-state index contributed by atoms with van der Waals surface area (Å²) in [7, 11) is 1.60. The van der Waals surface area contributed by atoms with Crippen molar-refractivity contribution in [2.24, 2.45) is 0 Å². The fourth-order valence-corrected chi connectivity index (χ4v) is 4.60. The van der Waals surface area contributed by atoms with Crippen molar-refractivity contribution in [2.75, 3.05) is 20.2 Å². The zero-order valence-electron chi connectivity index (χ0n) is 20.8. The largest absolute Gasteiger partial charge is 0.493 e. The number of carbonyl (C=O) groups excluding carboxylic acids is 1. The van der Waals surface area contributed by atoms with Crippen molar-refractivity contribution in [3.63, 3.8) is 0 Å². The highest BCUT2D eigenvalue weighted by Crippen LogP contribution is 2.30. The van der Waals surface area contributed by atoms with Crippen LogP contribution in [-0.4, -0.2) is 46.1 Å². The molecule has 186 valence electrons. The molecule has 1 N–H and O–H groups in total. The number of aryl methyl sites for hydroxylation is 2. The summed E-state index contributed by atoms with van der Waals surface area (Å²) in [5, 5.41) is 3.96. The summed E-state index contributed by atoms with van der Waals surface area (Å²) in [5.74, 6) is 3.11. The van der Waals surface area contributed by atoms with Crippen molar-refractivity contribution in [3.8, 4) is 11.5 Å². The lowest BCUT2D eigenvalue weighted by Gasteiger charge is -2.31. The summed E-state index contributed by atoms with van der Waals surface area (Å²) in [4.78, 5) is 23.0. The van der Waals surface area contributed by atoms with E-state index in [-0.39, 0.29) is 11.8 Å². The molecule has 36 heavy (non-hydrogen) atoms. The van der Waals surface area contributed by atoms with E-state index in [0.717, 1.165) is 58.8 Å². The van der Waals surface area contributed by atoms with Gasteiger partial charge >= 0.3 is 0 Å². The van der Waals surface area contributed by atoms with Crippen LogP contribution in [0.15, 0.2) is 53.1 Å². The maximum Gasteiger partial charge on any atom is 0.246 e. The molecule has 1 saturated heterocycles. The van der Waals surface area contributed by atoms with Crippen LogP contribution in [0.25, 0.3) is 17.1 Å². The molecular weight excluding hydrogens is 456 g/mol. The van der Waals surface area contributed by atoms with Crippen molar-refractivity contribution < 1.29 is 18.8 Å². The van der Waals surface area contributed by atoms with Crippen LogP contribution < -0.4 is 9.47 Å². The Kier molecular flexibility index (Phi) is 6.75. The topological polar surface area (TPSA) is 93.5 Å². The van der Waals surface area contributed by atoms with Crippen LogP contribution in [0, 0.1) is 13.8 Å². The Balaban J connectivity index is 1.23. The zero-order chi connectivity index (χ0) is 25.1. The highest BCUT2D eigenvalue weighted by Gasteiger charge is 2.26. The second-order valence-corrected chi connectivity index (χ2v) is 9.10. The Hall–Kier alpha value is -4.07. The van der Waals surface area contributed by atoms with Gasteiger partial charge in [0.25, 0.3) is 0 Å². The number of rotatable bonds is 7. The van der Waals surface area contributed by atoms with Crippen LogP contribution >= 0.6 is 0 Å². The molecule has 2 aromatic heterocycles. The van der Waals surface area contributed by atoms with Gasteiger partial charge in [-0.3, -0.25) is 4.79 Å². The van der Waals surface area contributed by atoms with Gasteiger partial charge < -0.3 is 23.9 Å². The fraction of sp³-hybridized carbons (Fsp3) is 0.321. The molecule has 0 aliphatic carbocycles. The molecule has 2 aromatic carbocycles. The second kappa shape index (κ2) is 10.3. The van der Waals surface area contributed by atoms with Crippen LogP contribution in [0.3, 0.4) is 0 Å². The zero-order valence-corrected chi connectivity index (χ0v) is 20.8. The van der Waals surface area contributed by atoms with Crippen LogP contribution in [0.4, 0.5) is 0 Å². The van der Waals surface area contributed by atoms with E-state index in [1.807, 2.05) is 67.3 Å². The van der Waals surface area contributed by atoms with Gasteiger partial charge in [0.1, 0.15) is 18.2 Å². The second-order valence-electron chi connectivity index (χ2n) is 9.10. The average Bonchev–Trinajstić information content (AvgIpc) is 3.49. The summed E-state index contributed by atoms with van der Waals surface area (Å²) in [6.07, 6.45) is 5.40.